The van der Waals surface area contributed by atoms with Crippen LogP contribution in [0.15, 0.2) is 52.1 Å². The number of ether oxygens (including phenoxy) is 1. The van der Waals surface area contributed by atoms with Gasteiger partial charge in [0.25, 0.3) is 0 Å². The zero-order valence-electron chi connectivity index (χ0n) is 12.2. The molecule has 0 atom stereocenters. The molecule has 0 aliphatic heterocycles. The number of nitrogens with one attached hydrogen (secondary N) is 1. The first-order valence-corrected chi connectivity index (χ1v) is 6.70. The van der Waals surface area contributed by atoms with Gasteiger partial charge in [-0.05, 0) is 24.3 Å². The molecule has 0 fully saturated rings. The smallest absolute Gasteiger partial charge is 0.307 e. The Hall–Kier alpha value is -3.02. The van der Waals surface area contributed by atoms with Gasteiger partial charge < -0.3 is 13.7 Å². The standard InChI is InChI=1S/C16H15N3O3/c1-19-8-4-6-12(19)10-17-18-16(20)14-9-11-5-3-7-13(21-2)15(11)22-14/h3-10H,1-2H3,(H,18,20)/b17-10-. The quantitative estimate of drug-likeness (QED) is 0.594. The highest BCUT2D eigenvalue weighted by Gasteiger charge is 2.14. The van der Waals surface area contributed by atoms with Crippen molar-refractivity contribution in [1.29, 1.82) is 0 Å². The number of rotatable bonds is 4. The van der Waals surface area contributed by atoms with E-state index in [0.29, 0.717) is 11.3 Å². The molecule has 0 spiro atoms. The molecule has 0 aliphatic carbocycles. The Morgan fingerprint density at radius 2 is 2.23 bits per heavy atom. The predicted octanol–water partition coefficient (Wildman–Crippen LogP) is 2.54. The summed E-state index contributed by atoms with van der Waals surface area (Å²) in [5.41, 5.74) is 3.87. The van der Waals surface area contributed by atoms with Crippen molar-refractivity contribution < 1.29 is 13.9 Å². The van der Waals surface area contributed by atoms with Gasteiger partial charge in [0, 0.05) is 18.6 Å². The monoisotopic (exact) mass is 297 g/mol. The van der Waals surface area contributed by atoms with Crippen LogP contribution in [0, 0.1) is 0 Å². The lowest BCUT2D eigenvalue weighted by Crippen LogP contribution is -2.17. The van der Waals surface area contributed by atoms with E-state index in [2.05, 4.69) is 10.5 Å². The maximum absolute atomic E-state index is 12.1. The topological polar surface area (TPSA) is 68.8 Å². The van der Waals surface area contributed by atoms with Crippen LogP contribution in [0.5, 0.6) is 5.75 Å². The molecular weight excluding hydrogens is 282 g/mol. The lowest BCUT2D eigenvalue weighted by Gasteiger charge is -1.99. The van der Waals surface area contributed by atoms with Gasteiger partial charge in [-0.3, -0.25) is 4.79 Å². The van der Waals surface area contributed by atoms with E-state index < -0.39 is 5.91 Å². The lowest BCUT2D eigenvalue weighted by molar-refractivity contribution is 0.0929. The highest BCUT2D eigenvalue weighted by atomic mass is 16.5. The predicted molar refractivity (Wildman–Crippen MR) is 83.2 cm³/mol. The van der Waals surface area contributed by atoms with E-state index >= 15 is 0 Å². The number of carbonyl (C=O) groups is 1. The van der Waals surface area contributed by atoms with Crippen molar-refractivity contribution in [2.45, 2.75) is 0 Å². The van der Waals surface area contributed by atoms with Gasteiger partial charge in [-0.2, -0.15) is 5.10 Å². The number of carbonyl (C=O) groups excluding carboxylic acids is 1. The number of fused-ring (bicyclic) bond motifs is 1. The van der Waals surface area contributed by atoms with Crippen LogP contribution in [0.3, 0.4) is 0 Å². The number of hydrazone groups is 1. The van der Waals surface area contributed by atoms with Crippen LogP contribution in [0.2, 0.25) is 0 Å². The number of benzene rings is 1. The Labute approximate surface area is 127 Å². The van der Waals surface area contributed by atoms with Crippen LogP contribution in [0.1, 0.15) is 16.2 Å². The van der Waals surface area contributed by atoms with Crippen molar-refractivity contribution in [2.75, 3.05) is 7.11 Å². The number of furan rings is 1. The second kappa shape index (κ2) is 5.77. The molecule has 3 aromatic rings. The van der Waals surface area contributed by atoms with Gasteiger partial charge >= 0.3 is 5.91 Å². The molecule has 1 aromatic carbocycles. The van der Waals surface area contributed by atoms with Crippen LogP contribution in [-0.4, -0.2) is 23.8 Å². The second-order valence-electron chi connectivity index (χ2n) is 4.73. The summed E-state index contributed by atoms with van der Waals surface area (Å²) in [5, 5.41) is 4.73. The highest BCUT2D eigenvalue weighted by molar-refractivity contribution is 5.97. The van der Waals surface area contributed by atoms with Crippen LogP contribution < -0.4 is 10.2 Å². The van der Waals surface area contributed by atoms with E-state index in [0.717, 1.165) is 11.1 Å². The molecule has 1 amide bonds. The minimum Gasteiger partial charge on any atom is -0.493 e. The molecule has 0 radical (unpaired) electrons. The van der Waals surface area contributed by atoms with E-state index in [9.17, 15) is 4.79 Å². The van der Waals surface area contributed by atoms with Crippen LogP contribution in [0.25, 0.3) is 11.0 Å². The Morgan fingerprint density at radius 1 is 1.36 bits per heavy atom. The van der Waals surface area contributed by atoms with E-state index in [4.69, 9.17) is 9.15 Å². The molecule has 0 bridgehead atoms. The number of aryl methyl sites for hydroxylation is 1. The van der Waals surface area contributed by atoms with Crippen molar-refractivity contribution in [2.24, 2.45) is 12.1 Å². The minimum atomic E-state index is -0.413. The molecule has 0 saturated heterocycles. The zero-order valence-corrected chi connectivity index (χ0v) is 12.2. The molecule has 2 aromatic heterocycles. The van der Waals surface area contributed by atoms with Crippen molar-refractivity contribution in [3.05, 3.63) is 54.0 Å². The molecule has 112 valence electrons. The average Bonchev–Trinajstić information content (AvgIpc) is 3.13. The summed E-state index contributed by atoms with van der Waals surface area (Å²) in [6.07, 6.45) is 3.47. The maximum atomic E-state index is 12.1. The third kappa shape index (κ3) is 2.58. The number of aromatic nitrogens is 1. The molecule has 0 aliphatic rings. The molecular formula is C16H15N3O3. The lowest BCUT2D eigenvalue weighted by atomic mass is 10.2. The minimum absolute atomic E-state index is 0.184. The van der Waals surface area contributed by atoms with Crippen molar-refractivity contribution in [1.82, 2.24) is 9.99 Å². The average molecular weight is 297 g/mol. The summed E-state index contributed by atoms with van der Waals surface area (Å²) < 4.78 is 12.6. The van der Waals surface area contributed by atoms with Crippen LogP contribution >= 0.6 is 0 Å². The first-order chi connectivity index (χ1) is 10.7. The Morgan fingerprint density at radius 3 is 2.95 bits per heavy atom. The highest BCUT2D eigenvalue weighted by Crippen LogP contribution is 2.28. The van der Waals surface area contributed by atoms with Gasteiger partial charge in [-0.25, -0.2) is 5.43 Å². The summed E-state index contributed by atoms with van der Waals surface area (Å²) in [6.45, 7) is 0. The number of nitrogens with zero attached hydrogens (tertiary/aromatic N) is 2. The Kier molecular flexibility index (Phi) is 3.65. The number of hydrogen-bond acceptors (Lipinski definition) is 4. The number of methoxy groups -OCH3 is 1. The third-order valence-corrected chi connectivity index (χ3v) is 3.30. The SMILES string of the molecule is COc1cccc2cc(C(=O)N/N=C\c3cccn3C)oc12. The van der Waals surface area contributed by atoms with Crippen molar-refractivity contribution in [3.63, 3.8) is 0 Å². The first-order valence-electron chi connectivity index (χ1n) is 6.70. The van der Waals surface area contributed by atoms with Gasteiger partial charge in [0.15, 0.2) is 17.1 Å². The van der Waals surface area contributed by atoms with Gasteiger partial charge in [0.1, 0.15) is 0 Å². The fourth-order valence-electron chi connectivity index (χ4n) is 2.13. The number of hydrogen-bond donors (Lipinski definition) is 1. The van der Waals surface area contributed by atoms with Crippen LogP contribution in [0.4, 0.5) is 0 Å². The van der Waals surface area contributed by atoms with Crippen molar-refractivity contribution >= 4 is 23.1 Å². The van der Waals surface area contributed by atoms with E-state index in [-0.39, 0.29) is 5.76 Å². The molecule has 2 heterocycles. The third-order valence-electron chi connectivity index (χ3n) is 3.30. The molecule has 6 nitrogen and oxygen atoms in total. The van der Waals surface area contributed by atoms with Crippen LogP contribution in [-0.2, 0) is 7.05 Å². The van der Waals surface area contributed by atoms with E-state index in [1.54, 1.807) is 25.5 Å². The Balaban J connectivity index is 1.78. The fourth-order valence-corrected chi connectivity index (χ4v) is 2.13. The molecule has 22 heavy (non-hydrogen) atoms. The van der Waals surface area contributed by atoms with Crippen molar-refractivity contribution in [3.8, 4) is 5.75 Å². The van der Waals surface area contributed by atoms with Gasteiger partial charge in [-0.15, -0.1) is 0 Å². The molecule has 0 saturated carbocycles. The van der Waals surface area contributed by atoms with Gasteiger partial charge in [0.2, 0.25) is 0 Å². The summed E-state index contributed by atoms with van der Waals surface area (Å²) in [6, 6.07) is 10.9. The zero-order chi connectivity index (χ0) is 15.5. The van der Waals surface area contributed by atoms with Gasteiger partial charge in [0.05, 0.1) is 19.0 Å². The summed E-state index contributed by atoms with van der Waals surface area (Å²) in [5.74, 6) is 0.358. The second-order valence-corrected chi connectivity index (χ2v) is 4.73. The molecule has 6 heteroatoms. The fraction of sp³-hybridized carbons (Fsp3) is 0.125. The van der Waals surface area contributed by atoms with E-state index in [1.807, 2.05) is 42.1 Å². The molecule has 1 N–H and O–H groups in total. The van der Waals surface area contributed by atoms with E-state index in [1.165, 1.54) is 0 Å². The van der Waals surface area contributed by atoms with Gasteiger partial charge in [-0.1, -0.05) is 12.1 Å². The normalized spacial score (nSPS) is 11.2. The maximum Gasteiger partial charge on any atom is 0.307 e. The molecule has 3 rings (SSSR count). The Bertz CT molecular complexity index is 845. The largest absolute Gasteiger partial charge is 0.493 e. The number of para-hydroxylation sites is 1. The summed E-state index contributed by atoms with van der Waals surface area (Å²) >= 11 is 0. The summed E-state index contributed by atoms with van der Waals surface area (Å²) in [7, 11) is 3.45. The number of amides is 1. The molecule has 0 unspecified atom stereocenters. The first kappa shape index (κ1) is 13.9. The summed E-state index contributed by atoms with van der Waals surface area (Å²) in [4.78, 5) is 12.1.